The molecule has 0 aliphatic heterocycles. The largest absolute Gasteiger partial charge is 0.507 e. The van der Waals surface area contributed by atoms with E-state index in [9.17, 15) is 14.7 Å². The molecular formula is C51H82N4O9S2Si2. The van der Waals surface area contributed by atoms with Crippen molar-refractivity contribution in [2.75, 3.05) is 52.7 Å². The fraction of sp³-hybridized carbons (Fsp3) is 0.627. The molecule has 2 amide bonds. The smallest absolute Gasteiger partial charge is 0.500 e. The minimum Gasteiger partial charge on any atom is -0.507 e. The standard InChI is InChI=1S/C51H82N4O9S2Si2/c1-13-59-67(60-14-2,61-15-3)33-21-31-52-44(56)25-19-23-38-27-29-42(65-38)46-47(55-49(54-46)37-35-40(50(7,8)9)48(58)41(36-37)51(10,11)12)43-30-28-39(66-43)24-20-26-45(57)53-32-22-34-68(62-16-4,63-17-5)64-18-6/h27-30,35-36,58H,13-26,31-34H2,1-12H3,(H,52,56)(H,53,57)(H,54,55). The Morgan fingerprint density at radius 3 is 1.41 bits per heavy atom. The molecule has 4 N–H and O–H groups in total. The van der Waals surface area contributed by atoms with Gasteiger partial charge in [0, 0.05) is 104 Å². The first-order valence-electron chi connectivity index (χ1n) is 24.9. The summed E-state index contributed by atoms with van der Waals surface area (Å²) in [7, 11) is -5.48. The number of carbonyl (C=O) groups is 2. The fourth-order valence-electron chi connectivity index (χ4n) is 8.16. The van der Waals surface area contributed by atoms with Crippen molar-refractivity contribution in [2.24, 2.45) is 0 Å². The Balaban J connectivity index is 1.48. The highest BCUT2D eigenvalue weighted by Gasteiger charge is 2.40. The Bertz CT molecular complexity index is 1980. The van der Waals surface area contributed by atoms with Gasteiger partial charge in [-0.3, -0.25) is 9.59 Å². The quantitative estimate of drug-likeness (QED) is 0.0282. The number of aromatic amines is 1. The van der Waals surface area contributed by atoms with Crippen LogP contribution in [0.15, 0.2) is 36.4 Å². The fourth-order valence-corrected chi connectivity index (χ4v) is 15.5. The molecule has 0 saturated carbocycles. The number of phenolic OH excluding ortho intramolecular Hbond substituents is 1. The molecule has 3 aromatic heterocycles. The van der Waals surface area contributed by atoms with Crippen LogP contribution in [0.25, 0.3) is 32.5 Å². The summed E-state index contributed by atoms with van der Waals surface area (Å²) in [4.78, 5) is 39.3. The van der Waals surface area contributed by atoms with E-state index in [2.05, 4.69) is 93.6 Å². The first kappa shape index (κ1) is 57.3. The Morgan fingerprint density at radius 2 is 1.01 bits per heavy atom. The minimum atomic E-state index is -2.74. The van der Waals surface area contributed by atoms with Crippen LogP contribution in [0.1, 0.15) is 142 Å². The summed E-state index contributed by atoms with van der Waals surface area (Å²) in [5.41, 5.74) is 3.85. The van der Waals surface area contributed by atoms with Gasteiger partial charge in [0.2, 0.25) is 11.8 Å². The molecule has 0 radical (unpaired) electrons. The van der Waals surface area contributed by atoms with Crippen LogP contribution in [-0.4, -0.2) is 97.2 Å². The van der Waals surface area contributed by atoms with Crippen LogP contribution >= 0.6 is 22.7 Å². The highest BCUT2D eigenvalue weighted by molar-refractivity contribution is 7.16. The number of H-pyrrole nitrogens is 1. The summed E-state index contributed by atoms with van der Waals surface area (Å²) in [6.07, 6.45) is 5.33. The van der Waals surface area contributed by atoms with Gasteiger partial charge in [0.1, 0.15) is 17.3 Å². The van der Waals surface area contributed by atoms with Crippen LogP contribution in [0, 0.1) is 0 Å². The summed E-state index contributed by atoms with van der Waals surface area (Å²) in [5, 5.41) is 17.7. The molecule has 0 spiro atoms. The van der Waals surface area contributed by atoms with Gasteiger partial charge in [-0.15, -0.1) is 22.7 Å². The van der Waals surface area contributed by atoms with E-state index in [1.807, 2.05) is 41.5 Å². The molecule has 4 rings (SSSR count). The van der Waals surface area contributed by atoms with E-state index in [4.69, 9.17) is 31.5 Å². The summed E-state index contributed by atoms with van der Waals surface area (Å²) < 4.78 is 35.8. The van der Waals surface area contributed by atoms with Gasteiger partial charge in [0.25, 0.3) is 0 Å². The van der Waals surface area contributed by atoms with Gasteiger partial charge >= 0.3 is 17.6 Å². The predicted octanol–water partition coefficient (Wildman–Crippen LogP) is 11.6. The van der Waals surface area contributed by atoms with Crippen LogP contribution in [0.3, 0.4) is 0 Å². The molecule has 17 heteroatoms. The number of aryl methyl sites for hydroxylation is 2. The van der Waals surface area contributed by atoms with Crippen LogP contribution in [-0.2, 0) is 59.8 Å². The lowest BCUT2D eigenvalue weighted by molar-refractivity contribution is -0.122. The minimum absolute atomic E-state index is 0.0337. The summed E-state index contributed by atoms with van der Waals surface area (Å²) in [6, 6.07) is 14.0. The molecule has 0 aliphatic carbocycles. The number of nitrogens with zero attached hydrogens (tertiary/aromatic N) is 1. The molecule has 3 heterocycles. The average molecular weight is 1020 g/mol. The zero-order valence-corrected chi connectivity index (χ0v) is 46.8. The maximum atomic E-state index is 12.9. The Kier molecular flexibility index (Phi) is 23.1. The van der Waals surface area contributed by atoms with E-state index < -0.39 is 17.6 Å². The van der Waals surface area contributed by atoms with Crippen molar-refractivity contribution in [3.05, 3.63) is 57.3 Å². The zero-order valence-electron chi connectivity index (χ0n) is 43.2. The first-order chi connectivity index (χ1) is 32.4. The third-order valence-electron chi connectivity index (χ3n) is 11.3. The summed E-state index contributed by atoms with van der Waals surface area (Å²) >= 11 is 3.41. The number of aromatic nitrogens is 2. The number of hydrogen-bond donors (Lipinski definition) is 4. The molecule has 0 aliphatic rings. The molecule has 4 aromatic rings. The van der Waals surface area contributed by atoms with Gasteiger partial charge in [-0.05, 0) is 127 Å². The maximum absolute atomic E-state index is 12.9. The van der Waals surface area contributed by atoms with Crippen molar-refractivity contribution in [1.82, 2.24) is 20.6 Å². The van der Waals surface area contributed by atoms with Gasteiger partial charge in [0.15, 0.2) is 0 Å². The topological polar surface area (TPSA) is 162 Å². The third kappa shape index (κ3) is 17.0. The van der Waals surface area contributed by atoms with Crippen molar-refractivity contribution >= 4 is 52.1 Å². The molecule has 68 heavy (non-hydrogen) atoms. The Labute approximate surface area is 417 Å². The van der Waals surface area contributed by atoms with Crippen molar-refractivity contribution in [1.29, 1.82) is 0 Å². The first-order valence-corrected chi connectivity index (χ1v) is 30.4. The van der Waals surface area contributed by atoms with E-state index in [0.29, 0.717) is 83.4 Å². The van der Waals surface area contributed by atoms with Gasteiger partial charge in [-0.25, -0.2) is 4.98 Å². The molecule has 0 unspecified atom stereocenters. The van der Waals surface area contributed by atoms with E-state index >= 15 is 0 Å². The number of imidazole rings is 1. The van der Waals surface area contributed by atoms with Crippen molar-refractivity contribution < 1.29 is 41.3 Å². The summed E-state index contributed by atoms with van der Waals surface area (Å²) in [5.74, 6) is 1.13. The van der Waals surface area contributed by atoms with Crippen LogP contribution in [0.4, 0.5) is 0 Å². The highest BCUT2D eigenvalue weighted by atomic mass is 32.1. The van der Waals surface area contributed by atoms with E-state index in [1.165, 1.54) is 9.75 Å². The molecule has 13 nitrogen and oxygen atoms in total. The predicted molar refractivity (Wildman–Crippen MR) is 282 cm³/mol. The van der Waals surface area contributed by atoms with Gasteiger partial charge < -0.3 is 47.3 Å². The number of nitrogens with one attached hydrogen (secondary N) is 3. The van der Waals surface area contributed by atoms with Gasteiger partial charge in [-0.2, -0.15) is 0 Å². The van der Waals surface area contributed by atoms with Crippen molar-refractivity contribution in [3.8, 4) is 38.3 Å². The van der Waals surface area contributed by atoms with E-state index in [0.717, 1.165) is 82.2 Å². The monoisotopic (exact) mass is 1010 g/mol. The second-order valence-corrected chi connectivity index (χ2v) is 26.6. The molecule has 0 saturated heterocycles. The average Bonchev–Trinajstić information content (AvgIpc) is 4.05. The Hall–Kier alpha value is -3.24. The second kappa shape index (κ2) is 27.4. The number of thiophene rings is 2. The third-order valence-corrected chi connectivity index (χ3v) is 19.9. The van der Waals surface area contributed by atoms with Crippen LogP contribution in [0.5, 0.6) is 5.75 Å². The molecule has 380 valence electrons. The lowest BCUT2D eigenvalue weighted by Crippen LogP contribution is -2.46. The second-order valence-electron chi connectivity index (χ2n) is 18.8. The number of carbonyl (C=O) groups excluding carboxylic acids is 2. The van der Waals surface area contributed by atoms with Crippen molar-refractivity contribution in [2.45, 2.75) is 157 Å². The van der Waals surface area contributed by atoms with Crippen LogP contribution < -0.4 is 10.6 Å². The number of benzene rings is 1. The molecule has 0 bridgehead atoms. The number of aromatic hydroxyl groups is 1. The normalized spacial score (nSPS) is 12.5. The molecule has 0 atom stereocenters. The van der Waals surface area contributed by atoms with Gasteiger partial charge in [0.05, 0.1) is 15.4 Å². The number of amides is 2. The Morgan fingerprint density at radius 1 is 0.618 bits per heavy atom. The van der Waals surface area contributed by atoms with Gasteiger partial charge in [-0.1, -0.05) is 41.5 Å². The SMILES string of the molecule is CCO[Si](CCCNC(=O)CCCc1ccc(-c2nc(-c3cc(C(C)(C)C)c(O)c(C(C)(C)C)c3)[nH]c2-c2ccc(CCCC(=O)NCCC[Si](OCC)(OCC)OCC)s2)s1)(OCC)OCC. The highest BCUT2D eigenvalue weighted by Crippen LogP contribution is 2.44. The van der Waals surface area contributed by atoms with Crippen molar-refractivity contribution in [3.63, 3.8) is 0 Å². The van der Waals surface area contributed by atoms with Crippen LogP contribution in [0.2, 0.25) is 12.1 Å². The maximum Gasteiger partial charge on any atom is 0.500 e. The number of rotatable bonds is 31. The zero-order chi connectivity index (χ0) is 50.0. The molecular weight excluding hydrogens is 933 g/mol. The lowest BCUT2D eigenvalue weighted by Gasteiger charge is -2.28. The molecule has 1 aromatic carbocycles. The summed E-state index contributed by atoms with van der Waals surface area (Å²) in [6.45, 7) is 28.7. The number of hydrogen-bond acceptors (Lipinski definition) is 12. The van der Waals surface area contributed by atoms with E-state index in [-0.39, 0.29) is 22.6 Å². The molecule has 0 fully saturated rings. The lowest BCUT2D eigenvalue weighted by atomic mass is 9.78. The van der Waals surface area contributed by atoms with E-state index in [1.54, 1.807) is 22.7 Å². The number of phenols is 1.